The summed E-state index contributed by atoms with van der Waals surface area (Å²) in [6, 6.07) is 19.3. The van der Waals surface area contributed by atoms with Gasteiger partial charge in [0.25, 0.3) is 5.91 Å². The van der Waals surface area contributed by atoms with Gasteiger partial charge in [-0.2, -0.15) is 0 Å². The van der Waals surface area contributed by atoms with E-state index < -0.39 is 5.54 Å². The van der Waals surface area contributed by atoms with Crippen LogP contribution < -0.4 is 0 Å². The third-order valence-electron chi connectivity index (χ3n) is 7.13. The molecule has 0 aromatic heterocycles. The number of imide groups is 1. The second-order valence-electron chi connectivity index (χ2n) is 8.62. The highest BCUT2D eigenvalue weighted by atomic mass is 16.2. The number of urea groups is 1. The van der Waals surface area contributed by atoms with Gasteiger partial charge in [-0.05, 0) is 43.7 Å². The van der Waals surface area contributed by atoms with Gasteiger partial charge in [0.05, 0.1) is 12.1 Å². The van der Waals surface area contributed by atoms with Gasteiger partial charge in [0.15, 0.2) is 0 Å². The Bertz CT molecular complexity index is 971. The maximum absolute atomic E-state index is 13.9. The van der Waals surface area contributed by atoms with E-state index in [0.717, 1.165) is 24.0 Å². The number of amides is 3. The Labute approximate surface area is 171 Å². The molecular formula is C25H26N2O2. The molecule has 0 radical (unpaired) electrons. The SMILES string of the molecule is C[C@@H](c1ccccc1)N1C(=O)N([C@@H](C)c2ccccc2)[C@@]2(C[C@@H]3C=C[C@H]2C3)C1=O. The van der Waals surface area contributed by atoms with Crippen LogP contribution in [0.4, 0.5) is 4.79 Å². The van der Waals surface area contributed by atoms with Crippen molar-refractivity contribution in [1.29, 1.82) is 0 Å². The van der Waals surface area contributed by atoms with E-state index in [2.05, 4.69) is 19.1 Å². The van der Waals surface area contributed by atoms with Gasteiger partial charge in [-0.15, -0.1) is 0 Å². The lowest BCUT2D eigenvalue weighted by molar-refractivity contribution is -0.136. The molecule has 3 amide bonds. The number of fused-ring (bicyclic) bond motifs is 3. The molecular weight excluding hydrogens is 360 g/mol. The maximum Gasteiger partial charge on any atom is 0.328 e. The number of benzene rings is 2. The molecule has 4 heteroatoms. The smallest absolute Gasteiger partial charge is 0.302 e. The van der Waals surface area contributed by atoms with Crippen molar-refractivity contribution >= 4 is 11.9 Å². The zero-order valence-electron chi connectivity index (χ0n) is 16.9. The van der Waals surface area contributed by atoms with Crippen LogP contribution in [-0.2, 0) is 4.79 Å². The van der Waals surface area contributed by atoms with Crippen LogP contribution in [0.2, 0.25) is 0 Å². The summed E-state index contributed by atoms with van der Waals surface area (Å²) in [5.41, 5.74) is 1.29. The van der Waals surface area contributed by atoms with Gasteiger partial charge in [-0.25, -0.2) is 4.79 Å². The zero-order chi connectivity index (χ0) is 20.2. The molecule has 2 aliphatic carbocycles. The molecule has 1 heterocycles. The van der Waals surface area contributed by atoms with Crippen LogP contribution in [0.5, 0.6) is 0 Å². The van der Waals surface area contributed by atoms with Crippen LogP contribution >= 0.6 is 0 Å². The fourth-order valence-corrected chi connectivity index (χ4v) is 5.65. The van der Waals surface area contributed by atoms with Gasteiger partial charge < -0.3 is 4.90 Å². The highest BCUT2D eigenvalue weighted by molar-refractivity contribution is 6.08. The summed E-state index contributed by atoms with van der Waals surface area (Å²) >= 11 is 0. The van der Waals surface area contributed by atoms with E-state index in [-0.39, 0.29) is 29.9 Å². The van der Waals surface area contributed by atoms with Gasteiger partial charge in [0.2, 0.25) is 0 Å². The monoisotopic (exact) mass is 386 g/mol. The van der Waals surface area contributed by atoms with Crippen molar-refractivity contribution < 1.29 is 9.59 Å². The standard InChI is InChI=1S/C25H26N2O2/c1-17(20-9-5-3-6-10-20)26-23(28)25(16-19-13-14-22(25)15-19)27(24(26)29)18(2)21-11-7-4-8-12-21/h3-14,17-19,22H,15-16H2,1-2H3/t17-,18-,19+,22-,25+/m0/s1. The van der Waals surface area contributed by atoms with E-state index in [1.54, 1.807) is 0 Å². The van der Waals surface area contributed by atoms with Crippen molar-refractivity contribution in [1.82, 2.24) is 9.80 Å². The number of carbonyl (C=O) groups is 2. The highest BCUT2D eigenvalue weighted by Gasteiger charge is 2.66. The summed E-state index contributed by atoms with van der Waals surface area (Å²) in [5.74, 6) is 0.454. The first-order valence-corrected chi connectivity index (χ1v) is 10.5. The number of rotatable bonds is 4. The van der Waals surface area contributed by atoms with Gasteiger partial charge in [-0.3, -0.25) is 9.69 Å². The Morgan fingerprint density at radius 2 is 1.45 bits per heavy atom. The third-order valence-corrected chi connectivity index (χ3v) is 7.13. The molecule has 2 bridgehead atoms. The van der Waals surface area contributed by atoms with Crippen molar-refractivity contribution in [2.75, 3.05) is 0 Å². The minimum atomic E-state index is -0.755. The molecule has 1 saturated heterocycles. The van der Waals surface area contributed by atoms with E-state index in [4.69, 9.17) is 0 Å². The first-order valence-electron chi connectivity index (χ1n) is 10.5. The van der Waals surface area contributed by atoms with Gasteiger partial charge in [0.1, 0.15) is 5.54 Å². The number of allylic oxidation sites excluding steroid dienone is 1. The second kappa shape index (κ2) is 6.58. The highest BCUT2D eigenvalue weighted by Crippen LogP contribution is 2.56. The van der Waals surface area contributed by atoms with Gasteiger partial charge in [-0.1, -0.05) is 72.8 Å². The van der Waals surface area contributed by atoms with E-state index in [1.807, 2.05) is 72.5 Å². The number of nitrogens with zero attached hydrogens (tertiary/aromatic N) is 2. The topological polar surface area (TPSA) is 40.6 Å². The van der Waals surface area contributed by atoms with E-state index in [9.17, 15) is 9.59 Å². The molecule has 1 spiro atoms. The lowest BCUT2D eigenvalue weighted by Crippen LogP contribution is -2.53. The minimum Gasteiger partial charge on any atom is -0.302 e. The predicted octanol–water partition coefficient (Wildman–Crippen LogP) is 5.11. The molecule has 0 N–H and O–H groups in total. The van der Waals surface area contributed by atoms with Crippen molar-refractivity contribution in [3.05, 3.63) is 83.9 Å². The first kappa shape index (κ1) is 18.2. The van der Waals surface area contributed by atoms with Crippen LogP contribution in [0.3, 0.4) is 0 Å². The molecule has 1 aliphatic heterocycles. The quantitative estimate of drug-likeness (QED) is 0.541. The van der Waals surface area contributed by atoms with Crippen LogP contribution in [0, 0.1) is 11.8 Å². The lowest BCUT2D eigenvalue weighted by Gasteiger charge is -2.40. The Balaban J connectivity index is 1.60. The normalized spacial score (nSPS) is 29.9. The van der Waals surface area contributed by atoms with Crippen molar-refractivity contribution in [2.45, 2.75) is 44.3 Å². The van der Waals surface area contributed by atoms with Crippen molar-refractivity contribution in [3.63, 3.8) is 0 Å². The summed E-state index contributed by atoms with van der Waals surface area (Å²) in [5, 5.41) is 0. The fraction of sp³-hybridized carbons (Fsp3) is 0.360. The molecule has 5 atom stereocenters. The van der Waals surface area contributed by atoms with Crippen molar-refractivity contribution in [3.8, 4) is 0 Å². The van der Waals surface area contributed by atoms with E-state index in [1.165, 1.54) is 4.90 Å². The Hall–Kier alpha value is -2.88. The largest absolute Gasteiger partial charge is 0.328 e. The van der Waals surface area contributed by atoms with Gasteiger partial charge in [0, 0.05) is 5.92 Å². The number of hydrogen-bond acceptors (Lipinski definition) is 2. The van der Waals surface area contributed by atoms with E-state index >= 15 is 0 Å². The minimum absolute atomic E-state index is 0.0292. The molecule has 3 aliphatic rings. The van der Waals surface area contributed by atoms with Gasteiger partial charge >= 0.3 is 6.03 Å². The fourth-order valence-electron chi connectivity index (χ4n) is 5.65. The molecule has 0 unspecified atom stereocenters. The number of hydrogen-bond donors (Lipinski definition) is 0. The van der Waals surface area contributed by atoms with E-state index in [0.29, 0.717) is 5.92 Å². The summed E-state index contributed by atoms with van der Waals surface area (Å²) < 4.78 is 0. The maximum atomic E-state index is 13.9. The number of carbonyl (C=O) groups excluding carboxylic acids is 2. The average Bonchev–Trinajstić information content (AvgIpc) is 3.42. The molecule has 2 aromatic carbocycles. The summed E-state index contributed by atoms with van der Waals surface area (Å²) in [6.07, 6.45) is 6.08. The molecule has 29 heavy (non-hydrogen) atoms. The zero-order valence-corrected chi connectivity index (χ0v) is 16.9. The molecule has 2 fully saturated rings. The average molecular weight is 386 g/mol. The Morgan fingerprint density at radius 3 is 1.97 bits per heavy atom. The second-order valence-corrected chi connectivity index (χ2v) is 8.62. The molecule has 148 valence electrons. The summed E-state index contributed by atoms with van der Waals surface area (Å²) in [7, 11) is 0. The molecule has 5 rings (SSSR count). The lowest BCUT2D eigenvalue weighted by atomic mass is 9.81. The summed E-state index contributed by atoms with van der Waals surface area (Å²) in [4.78, 5) is 31.1. The van der Waals surface area contributed by atoms with Crippen LogP contribution in [0.25, 0.3) is 0 Å². The van der Waals surface area contributed by atoms with Crippen LogP contribution in [0.1, 0.15) is 49.9 Å². The Kier molecular flexibility index (Phi) is 4.12. The van der Waals surface area contributed by atoms with Crippen LogP contribution in [0.15, 0.2) is 72.8 Å². The molecule has 4 nitrogen and oxygen atoms in total. The molecule has 1 saturated carbocycles. The van der Waals surface area contributed by atoms with Crippen molar-refractivity contribution in [2.24, 2.45) is 11.8 Å². The Morgan fingerprint density at radius 1 is 0.862 bits per heavy atom. The third kappa shape index (κ3) is 2.51. The summed E-state index contributed by atoms with van der Waals surface area (Å²) in [6.45, 7) is 4.01. The predicted molar refractivity (Wildman–Crippen MR) is 112 cm³/mol. The van der Waals surface area contributed by atoms with Crippen LogP contribution in [-0.4, -0.2) is 27.3 Å². The molecule has 2 aromatic rings. The first-order chi connectivity index (χ1) is 14.0.